The van der Waals surface area contributed by atoms with Crippen LogP contribution in [0.4, 0.5) is 0 Å². The first kappa shape index (κ1) is 45.1. The second-order valence-electron chi connectivity index (χ2n) is 17.9. The van der Waals surface area contributed by atoms with E-state index in [2.05, 4.69) is 72.2 Å². The fourth-order valence-electron chi connectivity index (χ4n) is 8.24. The van der Waals surface area contributed by atoms with Crippen LogP contribution in [0.5, 0.6) is 0 Å². The topological polar surface area (TPSA) is 119 Å². The summed E-state index contributed by atoms with van der Waals surface area (Å²) >= 11 is 0. The zero-order chi connectivity index (χ0) is 43.0. The van der Waals surface area contributed by atoms with Crippen LogP contribution >= 0.6 is 0 Å². The van der Waals surface area contributed by atoms with Gasteiger partial charge >= 0.3 is 0 Å². The van der Waals surface area contributed by atoms with Crippen LogP contribution in [0.15, 0.2) is 103 Å². The highest BCUT2D eigenvalue weighted by molar-refractivity contribution is 5.90. The number of rotatable bonds is 19. The summed E-state index contributed by atoms with van der Waals surface area (Å²) < 4.78 is 27.7. The average molecular weight is 820 g/mol. The van der Waals surface area contributed by atoms with Gasteiger partial charge < -0.3 is 39.6 Å². The second-order valence-corrected chi connectivity index (χ2v) is 17.9. The van der Waals surface area contributed by atoms with Crippen molar-refractivity contribution in [3.8, 4) is 0 Å². The molecule has 2 bridgehead atoms. The predicted molar refractivity (Wildman–Crippen MR) is 234 cm³/mol. The molecule has 0 spiro atoms. The summed E-state index contributed by atoms with van der Waals surface area (Å²) in [6.45, 7) is 11.6. The van der Waals surface area contributed by atoms with Crippen LogP contribution in [0, 0.1) is 6.92 Å². The van der Waals surface area contributed by atoms with Crippen molar-refractivity contribution in [3.05, 3.63) is 142 Å². The zero-order valence-electron chi connectivity index (χ0n) is 36.6. The molecular weight excluding hydrogens is 755 g/mol. The van der Waals surface area contributed by atoms with Crippen molar-refractivity contribution in [3.63, 3.8) is 0 Å². The van der Waals surface area contributed by atoms with Crippen molar-refractivity contribution in [2.45, 2.75) is 121 Å². The average Bonchev–Trinajstić information content (AvgIpc) is 3.21. The maximum absolute atomic E-state index is 12.8. The Bertz CT molecular complexity index is 2020. The third-order valence-corrected chi connectivity index (χ3v) is 12.0. The molecule has 10 nitrogen and oxygen atoms in total. The lowest BCUT2D eigenvalue weighted by atomic mass is 9.72. The van der Waals surface area contributed by atoms with Gasteiger partial charge in [0.2, 0.25) is 17.6 Å². The van der Waals surface area contributed by atoms with E-state index in [1.807, 2.05) is 81.4 Å². The molecule has 0 aliphatic carbocycles. The van der Waals surface area contributed by atoms with Gasteiger partial charge in [-0.05, 0) is 107 Å². The molecular formula is C50H65N3O7. The molecule has 322 valence electrons. The van der Waals surface area contributed by atoms with E-state index in [-0.39, 0.29) is 11.8 Å². The number of hydrogen-bond acceptors (Lipinski definition) is 8. The van der Waals surface area contributed by atoms with Gasteiger partial charge in [0.25, 0.3) is 0 Å². The molecule has 0 unspecified atom stereocenters. The first-order chi connectivity index (χ1) is 28.6. The van der Waals surface area contributed by atoms with Crippen LogP contribution in [0.1, 0.15) is 92.3 Å². The number of nitrogens with zero attached hydrogens (tertiary/aromatic N) is 1. The molecule has 2 aliphatic heterocycles. The smallest absolute Gasteiger partial charge is 0.245 e. The highest BCUT2D eigenvalue weighted by Gasteiger charge is 2.65. The lowest BCUT2D eigenvalue weighted by Gasteiger charge is -2.60. The number of carbonyl (C=O) groups excluding carboxylic acids is 2. The summed E-state index contributed by atoms with van der Waals surface area (Å²) in [5, 5.41) is 17.6. The Morgan fingerprint density at radius 2 is 1.48 bits per heavy atom. The van der Waals surface area contributed by atoms with Gasteiger partial charge in [0.05, 0.1) is 31.5 Å². The summed E-state index contributed by atoms with van der Waals surface area (Å²) in [6.07, 6.45) is 2.28. The molecule has 0 aromatic heterocycles. The number of amides is 2. The van der Waals surface area contributed by atoms with Crippen LogP contribution in [0.2, 0.25) is 0 Å². The Kier molecular flexibility index (Phi) is 14.7. The fourth-order valence-corrected chi connectivity index (χ4v) is 8.24. The minimum Gasteiger partial charge on any atom is -0.387 e. The van der Waals surface area contributed by atoms with Gasteiger partial charge in [0, 0.05) is 37.9 Å². The fraction of sp³-hybridized carbons (Fsp3) is 0.480. The molecule has 0 radical (unpaired) electrons. The molecule has 4 aromatic rings. The van der Waals surface area contributed by atoms with Crippen molar-refractivity contribution < 1.29 is 33.6 Å². The Hall–Kier alpha value is -4.42. The molecule has 6 rings (SSSR count). The van der Waals surface area contributed by atoms with Gasteiger partial charge in [0.15, 0.2) is 0 Å². The molecule has 60 heavy (non-hydrogen) atoms. The number of hydrogen-bond donors (Lipinski definition) is 3. The molecule has 3 N–H and O–H groups in total. The molecule has 2 amide bonds. The molecule has 2 heterocycles. The number of ether oxygens (including phenoxy) is 4. The largest absolute Gasteiger partial charge is 0.387 e. The summed E-state index contributed by atoms with van der Waals surface area (Å²) in [5.41, 5.74) is 4.33. The van der Waals surface area contributed by atoms with Crippen LogP contribution in [-0.2, 0) is 60.4 Å². The Morgan fingerprint density at radius 1 is 0.850 bits per heavy atom. The van der Waals surface area contributed by atoms with Crippen molar-refractivity contribution >= 4 is 11.8 Å². The molecule has 10 heteroatoms. The van der Waals surface area contributed by atoms with E-state index in [4.69, 9.17) is 18.9 Å². The minimum absolute atomic E-state index is 0.139. The number of carbonyl (C=O) groups is 2. The Morgan fingerprint density at radius 3 is 2.12 bits per heavy atom. The monoisotopic (exact) mass is 819 g/mol. The van der Waals surface area contributed by atoms with Crippen LogP contribution in [-0.4, -0.2) is 84.6 Å². The summed E-state index contributed by atoms with van der Waals surface area (Å²) in [5.74, 6) is -1.68. The maximum atomic E-state index is 12.8. The van der Waals surface area contributed by atoms with Crippen molar-refractivity contribution in [1.29, 1.82) is 0 Å². The molecule has 4 aromatic carbocycles. The number of fused-ring (bicyclic) bond motifs is 2. The summed E-state index contributed by atoms with van der Waals surface area (Å²) in [6, 6.07) is 35.1. The van der Waals surface area contributed by atoms with Gasteiger partial charge in [-0.15, -0.1) is 0 Å². The van der Waals surface area contributed by atoms with Gasteiger partial charge in [-0.2, -0.15) is 0 Å². The third-order valence-electron chi connectivity index (χ3n) is 12.0. The second kappa shape index (κ2) is 19.5. The molecule has 2 saturated heterocycles. The minimum atomic E-state index is -1.35. The Balaban J connectivity index is 1.18. The molecule has 4 atom stereocenters. The molecule has 2 fully saturated rings. The standard InChI is InChI=1S/C50H65N3O7/c1-36-21-26-42(32-41(36)31-38-24-22-37(23-25-38)19-14-20-44(54)52-47(2,3)46(55)51-28-29-53(6)7)50-45(58-35-40-17-12-9-13-18-40)43(57-34-39-15-10-8-11-16-39)33-49(60-50,27-30-59-50)48(4,5)56/h8-13,15-18,21-26,32,43,45,56H,14,19-20,27-31,33-35H2,1-7H3,(H,51,55)(H,52,54)/t43-,45+,49-,50-/m0/s1. The highest BCUT2D eigenvalue weighted by atomic mass is 16.7. The lowest BCUT2D eigenvalue weighted by Crippen LogP contribution is -2.71. The van der Waals surface area contributed by atoms with E-state index in [0.717, 1.165) is 51.9 Å². The van der Waals surface area contributed by atoms with Gasteiger partial charge in [-0.25, -0.2) is 0 Å². The van der Waals surface area contributed by atoms with Gasteiger partial charge in [-0.1, -0.05) is 97.1 Å². The summed E-state index contributed by atoms with van der Waals surface area (Å²) in [7, 11) is 3.90. The van der Waals surface area contributed by atoms with Crippen molar-refractivity contribution in [2.24, 2.45) is 0 Å². The van der Waals surface area contributed by atoms with E-state index in [0.29, 0.717) is 58.5 Å². The first-order valence-electron chi connectivity index (χ1n) is 21.4. The number of aryl methyl sites for hydroxylation is 2. The third kappa shape index (κ3) is 11.1. The number of benzene rings is 4. The Labute approximate surface area is 357 Å². The van der Waals surface area contributed by atoms with Crippen LogP contribution < -0.4 is 10.6 Å². The van der Waals surface area contributed by atoms with E-state index in [9.17, 15) is 14.7 Å². The lowest BCUT2D eigenvalue weighted by molar-refractivity contribution is -0.435. The van der Waals surface area contributed by atoms with Gasteiger partial charge in [0.1, 0.15) is 17.2 Å². The van der Waals surface area contributed by atoms with Crippen LogP contribution in [0.25, 0.3) is 0 Å². The number of nitrogens with one attached hydrogen (secondary N) is 2. The van der Waals surface area contributed by atoms with Crippen molar-refractivity contribution in [1.82, 2.24) is 15.5 Å². The normalized spacial score (nSPS) is 21.8. The van der Waals surface area contributed by atoms with Crippen molar-refractivity contribution in [2.75, 3.05) is 33.8 Å². The predicted octanol–water partition coefficient (Wildman–Crippen LogP) is 7.16. The first-order valence-corrected chi connectivity index (χ1v) is 21.4. The zero-order valence-corrected chi connectivity index (χ0v) is 36.6. The van der Waals surface area contributed by atoms with Crippen LogP contribution in [0.3, 0.4) is 0 Å². The molecule has 0 saturated carbocycles. The van der Waals surface area contributed by atoms with E-state index in [1.165, 1.54) is 0 Å². The maximum Gasteiger partial charge on any atom is 0.245 e. The molecule has 2 aliphatic rings. The van der Waals surface area contributed by atoms with E-state index >= 15 is 0 Å². The van der Waals surface area contributed by atoms with Gasteiger partial charge in [-0.3, -0.25) is 9.59 Å². The quantitative estimate of drug-likeness (QED) is 0.0914. The SMILES string of the molecule is Cc1ccc([C@@]23OCC[C@@](C(C)(C)O)(C[C@H](OCc4ccccc4)[C@H]2OCc2ccccc2)O3)cc1Cc1ccc(CCCC(=O)NC(C)(C)C(=O)NCCN(C)C)cc1. The highest BCUT2D eigenvalue weighted by Crippen LogP contribution is 2.54. The summed E-state index contributed by atoms with van der Waals surface area (Å²) in [4.78, 5) is 27.4. The van der Waals surface area contributed by atoms with E-state index < -0.39 is 34.7 Å². The number of aliphatic hydroxyl groups is 1. The van der Waals surface area contributed by atoms with E-state index in [1.54, 1.807) is 13.8 Å². The number of likely N-dealkylation sites (N-methyl/N-ethyl adjacent to an activating group) is 1.